The lowest BCUT2D eigenvalue weighted by Crippen LogP contribution is -2.28. The smallest absolute Gasteiger partial charge is 0.261 e. The van der Waals surface area contributed by atoms with Gasteiger partial charge in [-0.15, -0.1) is 0 Å². The van der Waals surface area contributed by atoms with Crippen molar-refractivity contribution in [1.29, 1.82) is 0 Å². The number of benzene rings is 1. The number of thiocarbonyl (C=S) groups is 1. The summed E-state index contributed by atoms with van der Waals surface area (Å²) in [5.74, 6) is 0. The Morgan fingerprint density at radius 2 is 2.00 bits per heavy atom. The normalized spacial score (nSPS) is 10.7. The highest BCUT2D eigenvalue weighted by Crippen LogP contribution is 2.16. The van der Waals surface area contributed by atoms with Crippen LogP contribution in [-0.4, -0.2) is 14.5 Å². The van der Waals surface area contributed by atoms with Gasteiger partial charge in [-0.3, -0.25) is 9.78 Å². The minimum atomic E-state index is -0.182. The van der Waals surface area contributed by atoms with Crippen LogP contribution in [0, 0.1) is 0 Å². The van der Waals surface area contributed by atoms with E-state index in [2.05, 4.69) is 4.98 Å². The molecule has 0 fully saturated rings. The van der Waals surface area contributed by atoms with Crippen LogP contribution in [0.1, 0.15) is 11.1 Å². The predicted octanol–water partition coefficient (Wildman–Crippen LogP) is 2.08. The summed E-state index contributed by atoms with van der Waals surface area (Å²) in [6.07, 6.45) is 3.48. The Bertz CT molecular complexity index is 881. The predicted molar refractivity (Wildman–Crippen MR) is 87.4 cm³/mol. The molecular formula is C16H13N3OS. The van der Waals surface area contributed by atoms with E-state index in [9.17, 15) is 4.79 Å². The number of nitrogens with zero attached hydrogens (tertiary/aromatic N) is 2. The highest BCUT2D eigenvalue weighted by atomic mass is 32.1. The van der Waals surface area contributed by atoms with Gasteiger partial charge in [-0.25, -0.2) is 0 Å². The fourth-order valence-corrected chi connectivity index (χ4v) is 2.48. The maximum atomic E-state index is 12.3. The summed E-state index contributed by atoms with van der Waals surface area (Å²) >= 11 is 4.90. The first-order valence-corrected chi connectivity index (χ1v) is 6.89. The maximum absolute atomic E-state index is 12.3. The molecule has 2 aromatic heterocycles. The third kappa shape index (κ3) is 2.55. The Morgan fingerprint density at radius 3 is 2.81 bits per heavy atom. The van der Waals surface area contributed by atoms with Crippen LogP contribution in [0.15, 0.2) is 59.7 Å². The van der Waals surface area contributed by atoms with Gasteiger partial charge < -0.3 is 10.3 Å². The molecule has 3 rings (SSSR count). The van der Waals surface area contributed by atoms with Crippen LogP contribution in [0.3, 0.4) is 0 Å². The van der Waals surface area contributed by atoms with Crippen molar-refractivity contribution in [2.24, 2.45) is 5.73 Å². The van der Waals surface area contributed by atoms with Crippen LogP contribution in [0.2, 0.25) is 0 Å². The molecule has 104 valence electrons. The molecule has 0 unspecified atom stereocenters. The van der Waals surface area contributed by atoms with E-state index in [1.165, 1.54) is 0 Å². The lowest BCUT2D eigenvalue weighted by molar-refractivity contribution is 0.761. The summed E-state index contributed by atoms with van der Waals surface area (Å²) in [4.78, 5) is 16.8. The van der Waals surface area contributed by atoms with Gasteiger partial charge in [0, 0.05) is 17.8 Å². The second-order valence-electron chi connectivity index (χ2n) is 4.71. The molecule has 5 heteroatoms. The number of aromatic nitrogens is 2. The number of rotatable bonds is 3. The maximum Gasteiger partial charge on any atom is 0.261 e. The van der Waals surface area contributed by atoms with Crippen LogP contribution in [0.25, 0.3) is 10.9 Å². The molecule has 0 spiro atoms. The van der Waals surface area contributed by atoms with Crippen LogP contribution in [0.4, 0.5) is 0 Å². The van der Waals surface area contributed by atoms with Crippen molar-refractivity contribution in [2.45, 2.75) is 6.54 Å². The zero-order valence-electron chi connectivity index (χ0n) is 11.2. The number of hydrogen-bond donors (Lipinski definition) is 1. The summed E-state index contributed by atoms with van der Waals surface area (Å²) in [6, 6.07) is 13.2. The largest absolute Gasteiger partial charge is 0.389 e. The quantitative estimate of drug-likeness (QED) is 0.752. The van der Waals surface area contributed by atoms with Crippen molar-refractivity contribution in [1.82, 2.24) is 9.55 Å². The molecule has 0 aliphatic heterocycles. The van der Waals surface area contributed by atoms with E-state index in [1.54, 1.807) is 29.1 Å². The first kappa shape index (κ1) is 13.5. The third-order valence-electron chi connectivity index (χ3n) is 3.34. The van der Waals surface area contributed by atoms with Crippen molar-refractivity contribution >= 4 is 28.1 Å². The lowest BCUT2D eigenvalue weighted by atomic mass is 10.1. The molecule has 0 aliphatic carbocycles. The molecule has 0 radical (unpaired) electrons. The van der Waals surface area contributed by atoms with E-state index in [0.717, 1.165) is 16.5 Å². The summed E-state index contributed by atoms with van der Waals surface area (Å²) in [6.45, 7) is 0.434. The number of hydrogen-bond acceptors (Lipinski definition) is 3. The van der Waals surface area contributed by atoms with Gasteiger partial charge in [0.15, 0.2) is 0 Å². The van der Waals surface area contributed by atoms with Gasteiger partial charge in [0.2, 0.25) is 0 Å². The van der Waals surface area contributed by atoms with Gasteiger partial charge in [0.05, 0.1) is 17.6 Å². The zero-order valence-corrected chi connectivity index (χ0v) is 12.0. The highest BCUT2D eigenvalue weighted by Gasteiger charge is 2.08. The number of para-hydroxylation sites is 1. The average molecular weight is 295 g/mol. The van der Waals surface area contributed by atoms with Crippen LogP contribution < -0.4 is 11.3 Å². The molecule has 3 aromatic rings. The van der Waals surface area contributed by atoms with E-state index in [0.29, 0.717) is 12.1 Å². The average Bonchev–Trinajstić information content (AvgIpc) is 2.49. The highest BCUT2D eigenvalue weighted by molar-refractivity contribution is 7.80. The van der Waals surface area contributed by atoms with Gasteiger partial charge in [-0.1, -0.05) is 36.5 Å². The molecule has 2 heterocycles. The fraction of sp³-hybridized carbons (Fsp3) is 0.0625. The molecule has 0 atom stereocenters. The first-order valence-electron chi connectivity index (χ1n) is 6.49. The van der Waals surface area contributed by atoms with Crippen molar-refractivity contribution in [3.05, 3.63) is 76.3 Å². The fourth-order valence-electron chi connectivity index (χ4n) is 2.33. The SMILES string of the molecule is NC(=S)c1cccn(Cc2cccc3cccnc23)c1=O. The van der Waals surface area contributed by atoms with Gasteiger partial charge >= 0.3 is 0 Å². The van der Waals surface area contributed by atoms with E-state index in [1.807, 2.05) is 30.3 Å². The minimum absolute atomic E-state index is 0.116. The van der Waals surface area contributed by atoms with E-state index >= 15 is 0 Å². The van der Waals surface area contributed by atoms with Crippen LogP contribution in [-0.2, 0) is 6.54 Å². The van der Waals surface area contributed by atoms with Crippen molar-refractivity contribution in [3.8, 4) is 0 Å². The number of nitrogens with two attached hydrogens (primary N) is 1. The summed E-state index contributed by atoms with van der Waals surface area (Å²) < 4.78 is 1.60. The van der Waals surface area contributed by atoms with Crippen molar-refractivity contribution in [2.75, 3.05) is 0 Å². The molecule has 0 saturated carbocycles. The number of pyridine rings is 2. The topological polar surface area (TPSA) is 60.9 Å². The Balaban J connectivity index is 2.10. The van der Waals surface area contributed by atoms with E-state index < -0.39 is 0 Å². The standard InChI is InChI=1S/C16H13N3OS/c17-15(21)13-7-3-9-19(16(13)20)10-12-5-1-4-11-6-2-8-18-14(11)12/h1-9H,10H2,(H2,17,21). The second kappa shape index (κ2) is 5.46. The minimum Gasteiger partial charge on any atom is -0.389 e. The summed E-state index contributed by atoms with van der Waals surface area (Å²) in [5.41, 5.74) is 7.63. The lowest BCUT2D eigenvalue weighted by Gasteiger charge is -2.09. The van der Waals surface area contributed by atoms with Gasteiger partial charge in [-0.2, -0.15) is 0 Å². The van der Waals surface area contributed by atoms with Crippen molar-refractivity contribution < 1.29 is 0 Å². The molecule has 0 aliphatic rings. The van der Waals surface area contributed by atoms with Gasteiger partial charge in [0.25, 0.3) is 5.56 Å². The van der Waals surface area contributed by atoms with Crippen molar-refractivity contribution in [3.63, 3.8) is 0 Å². The molecule has 0 saturated heterocycles. The zero-order chi connectivity index (χ0) is 14.8. The Labute approximate surface area is 126 Å². The Morgan fingerprint density at radius 1 is 1.19 bits per heavy atom. The monoisotopic (exact) mass is 295 g/mol. The Hall–Kier alpha value is -2.53. The molecule has 0 amide bonds. The molecular weight excluding hydrogens is 282 g/mol. The third-order valence-corrected chi connectivity index (χ3v) is 3.56. The molecule has 1 aromatic carbocycles. The van der Waals surface area contributed by atoms with E-state index in [4.69, 9.17) is 18.0 Å². The van der Waals surface area contributed by atoms with Gasteiger partial charge in [-0.05, 0) is 23.8 Å². The van der Waals surface area contributed by atoms with Crippen LogP contribution in [0.5, 0.6) is 0 Å². The molecule has 21 heavy (non-hydrogen) atoms. The molecule has 4 nitrogen and oxygen atoms in total. The molecule has 0 bridgehead atoms. The summed E-state index contributed by atoms with van der Waals surface area (Å²) in [5, 5.41) is 1.05. The molecule has 2 N–H and O–H groups in total. The number of fused-ring (bicyclic) bond motifs is 1. The first-order chi connectivity index (χ1) is 10.2. The van der Waals surface area contributed by atoms with Crippen LogP contribution >= 0.6 is 12.2 Å². The second-order valence-corrected chi connectivity index (χ2v) is 5.15. The summed E-state index contributed by atoms with van der Waals surface area (Å²) in [7, 11) is 0. The van der Waals surface area contributed by atoms with Gasteiger partial charge in [0.1, 0.15) is 4.99 Å². The Kier molecular flexibility index (Phi) is 3.50. The van der Waals surface area contributed by atoms with E-state index in [-0.39, 0.29) is 10.5 Å².